The summed E-state index contributed by atoms with van der Waals surface area (Å²) in [5.41, 5.74) is 4.94. The van der Waals surface area contributed by atoms with Crippen molar-refractivity contribution in [2.24, 2.45) is 5.10 Å². The van der Waals surface area contributed by atoms with Crippen LogP contribution in [0.4, 0.5) is 0 Å². The number of carbonyl (C=O) groups excluding carboxylic acids is 1. The van der Waals surface area contributed by atoms with Gasteiger partial charge in [0.2, 0.25) is 0 Å². The minimum Gasteiger partial charge on any atom is -0.496 e. The highest BCUT2D eigenvalue weighted by Crippen LogP contribution is 2.21. The number of morpholine rings is 1. The maximum Gasteiger partial charge on any atom is 0.272 e. The molecule has 0 aliphatic carbocycles. The van der Waals surface area contributed by atoms with Crippen LogP contribution >= 0.6 is 0 Å². The van der Waals surface area contributed by atoms with E-state index in [1.807, 2.05) is 18.2 Å². The molecule has 1 aliphatic rings. The summed E-state index contributed by atoms with van der Waals surface area (Å²) in [6.07, 6.45) is 4.74. The minimum absolute atomic E-state index is 0.295. The van der Waals surface area contributed by atoms with Crippen molar-refractivity contribution in [2.45, 2.75) is 6.54 Å². The Balaban J connectivity index is 1.65. The van der Waals surface area contributed by atoms with E-state index in [1.165, 1.54) is 6.20 Å². The van der Waals surface area contributed by atoms with E-state index in [9.17, 15) is 4.79 Å². The van der Waals surface area contributed by atoms with E-state index >= 15 is 0 Å². The zero-order chi connectivity index (χ0) is 18.2. The van der Waals surface area contributed by atoms with Gasteiger partial charge in [0.1, 0.15) is 5.75 Å². The van der Waals surface area contributed by atoms with Gasteiger partial charge in [-0.1, -0.05) is 0 Å². The number of ether oxygens (including phenoxy) is 2. The lowest BCUT2D eigenvalue weighted by molar-refractivity contribution is 0.0339. The van der Waals surface area contributed by atoms with Crippen molar-refractivity contribution in [2.75, 3.05) is 33.4 Å². The van der Waals surface area contributed by atoms with Crippen molar-refractivity contribution in [3.05, 3.63) is 59.4 Å². The molecule has 1 N–H and O–H groups in total. The third-order valence-corrected chi connectivity index (χ3v) is 4.11. The van der Waals surface area contributed by atoms with E-state index in [-0.39, 0.29) is 5.91 Å². The SMILES string of the molecule is COc1ccc(/C=N/NC(=O)c2cccnc2)cc1CN1CCOCC1. The second-order valence-electron chi connectivity index (χ2n) is 5.90. The first-order chi connectivity index (χ1) is 12.8. The van der Waals surface area contributed by atoms with Crippen LogP contribution in [0.25, 0.3) is 0 Å². The van der Waals surface area contributed by atoms with Crippen molar-refractivity contribution in [3.63, 3.8) is 0 Å². The molecule has 26 heavy (non-hydrogen) atoms. The minimum atomic E-state index is -0.295. The Bertz CT molecular complexity index is 759. The number of benzene rings is 1. The van der Waals surface area contributed by atoms with Crippen LogP contribution in [0, 0.1) is 0 Å². The highest BCUT2D eigenvalue weighted by atomic mass is 16.5. The number of rotatable bonds is 6. The van der Waals surface area contributed by atoms with Gasteiger partial charge in [-0.25, -0.2) is 5.43 Å². The number of carbonyl (C=O) groups is 1. The predicted octanol–water partition coefficient (Wildman–Crippen LogP) is 1.69. The van der Waals surface area contributed by atoms with Crippen LogP contribution in [0.5, 0.6) is 5.75 Å². The number of aromatic nitrogens is 1. The van der Waals surface area contributed by atoms with Gasteiger partial charge in [-0.15, -0.1) is 0 Å². The summed E-state index contributed by atoms with van der Waals surface area (Å²) in [7, 11) is 1.67. The number of nitrogens with one attached hydrogen (secondary N) is 1. The Morgan fingerprint density at radius 3 is 2.96 bits per heavy atom. The van der Waals surface area contributed by atoms with Gasteiger partial charge in [0.15, 0.2) is 0 Å². The van der Waals surface area contributed by atoms with Crippen LogP contribution in [0.15, 0.2) is 47.8 Å². The third-order valence-electron chi connectivity index (χ3n) is 4.11. The van der Waals surface area contributed by atoms with Gasteiger partial charge in [-0.05, 0) is 35.9 Å². The summed E-state index contributed by atoms with van der Waals surface area (Å²) >= 11 is 0. The smallest absolute Gasteiger partial charge is 0.272 e. The molecule has 0 radical (unpaired) electrons. The maximum absolute atomic E-state index is 12.0. The Morgan fingerprint density at radius 2 is 2.23 bits per heavy atom. The van der Waals surface area contributed by atoms with Crippen molar-refractivity contribution < 1.29 is 14.3 Å². The fourth-order valence-electron chi connectivity index (χ4n) is 2.73. The summed E-state index contributed by atoms with van der Waals surface area (Å²) in [5, 5.41) is 4.03. The summed E-state index contributed by atoms with van der Waals surface area (Å²) in [6.45, 7) is 4.11. The quantitative estimate of drug-likeness (QED) is 0.631. The fraction of sp³-hybridized carbons (Fsp3) is 0.316. The molecule has 0 spiro atoms. The summed E-state index contributed by atoms with van der Waals surface area (Å²) in [4.78, 5) is 18.2. The summed E-state index contributed by atoms with van der Waals surface area (Å²) < 4.78 is 10.9. The van der Waals surface area contributed by atoms with Gasteiger partial charge >= 0.3 is 0 Å². The molecule has 2 aromatic rings. The van der Waals surface area contributed by atoms with Crippen molar-refractivity contribution in [3.8, 4) is 5.75 Å². The highest BCUT2D eigenvalue weighted by molar-refractivity contribution is 5.94. The highest BCUT2D eigenvalue weighted by Gasteiger charge is 2.13. The average Bonchev–Trinajstić information content (AvgIpc) is 2.69. The number of methoxy groups -OCH3 is 1. The van der Waals surface area contributed by atoms with Crippen LogP contribution in [0.3, 0.4) is 0 Å². The average molecular weight is 354 g/mol. The standard InChI is InChI=1S/C19H22N4O3/c1-25-18-5-4-15(11-17(18)14-23-7-9-26-10-8-23)12-21-22-19(24)16-3-2-6-20-13-16/h2-6,11-13H,7-10,14H2,1H3,(H,22,24)/b21-12+. The monoisotopic (exact) mass is 354 g/mol. The van der Waals surface area contributed by atoms with Crippen molar-refractivity contribution in [1.82, 2.24) is 15.3 Å². The normalized spacial score (nSPS) is 15.1. The molecule has 7 nitrogen and oxygen atoms in total. The Morgan fingerprint density at radius 1 is 1.38 bits per heavy atom. The second kappa shape index (κ2) is 9.07. The second-order valence-corrected chi connectivity index (χ2v) is 5.90. The molecule has 1 fully saturated rings. The van der Waals surface area contributed by atoms with Crippen LogP contribution < -0.4 is 10.2 Å². The van der Waals surface area contributed by atoms with Gasteiger partial charge in [0, 0.05) is 37.6 Å². The van der Waals surface area contributed by atoms with Crippen molar-refractivity contribution >= 4 is 12.1 Å². The molecule has 136 valence electrons. The first kappa shape index (κ1) is 18.0. The Hall–Kier alpha value is -2.77. The topological polar surface area (TPSA) is 76.0 Å². The van der Waals surface area contributed by atoms with Crippen LogP contribution in [0.1, 0.15) is 21.5 Å². The molecule has 0 saturated carbocycles. The van der Waals surface area contributed by atoms with E-state index in [0.29, 0.717) is 5.56 Å². The zero-order valence-corrected chi connectivity index (χ0v) is 14.7. The van der Waals surface area contributed by atoms with Gasteiger partial charge in [-0.3, -0.25) is 14.7 Å². The first-order valence-electron chi connectivity index (χ1n) is 8.47. The summed E-state index contributed by atoms with van der Waals surface area (Å²) in [5.74, 6) is 0.546. The molecule has 1 saturated heterocycles. The molecule has 3 rings (SSSR count). The number of nitrogens with zero attached hydrogens (tertiary/aromatic N) is 3. The van der Waals surface area contributed by atoms with E-state index in [2.05, 4.69) is 20.4 Å². The predicted molar refractivity (Wildman–Crippen MR) is 98.4 cm³/mol. The van der Waals surface area contributed by atoms with Gasteiger partial charge in [0.25, 0.3) is 5.91 Å². The van der Waals surface area contributed by atoms with E-state index in [1.54, 1.807) is 31.7 Å². The van der Waals surface area contributed by atoms with Gasteiger partial charge in [-0.2, -0.15) is 5.10 Å². The number of hydrazone groups is 1. The number of hydrogen-bond acceptors (Lipinski definition) is 6. The lowest BCUT2D eigenvalue weighted by Crippen LogP contribution is -2.35. The number of hydrogen-bond donors (Lipinski definition) is 1. The Kier molecular flexibility index (Phi) is 6.29. The maximum atomic E-state index is 12.0. The first-order valence-corrected chi connectivity index (χ1v) is 8.47. The van der Waals surface area contributed by atoms with Crippen LogP contribution in [0.2, 0.25) is 0 Å². The number of pyridine rings is 1. The van der Waals surface area contributed by atoms with Gasteiger partial charge < -0.3 is 9.47 Å². The third kappa shape index (κ3) is 4.87. The molecule has 0 atom stereocenters. The van der Waals surface area contributed by atoms with Crippen LogP contribution in [-0.2, 0) is 11.3 Å². The fourth-order valence-corrected chi connectivity index (χ4v) is 2.73. The lowest BCUT2D eigenvalue weighted by atomic mass is 10.1. The molecule has 0 bridgehead atoms. The van der Waals surface area contributed by atoms with E-state index in [4.69, 9.17) is 9.47 Å². The zero-order valence-electron chi connectivity index (χ0n) is 14.7. The molecule has 1 aromatic carbocycles. The van der Waals surface area contributed by atoms with E-state index in [0.717, 1.165) is 49.7 Å². The molecule has 7 heteroatoms. The van der Waals surface area contributed by atoms with E-state index < -0.39 is 0 Å². The van der Waals surface area contributed by atoms with Gasteiger partial charge in [0.05, 0.1) is 32.1 Å². The summed E-state index contributed by atoms with van der Waals surface area (Å²) in [6, 6.07) is 9.24. The largest absolute Gasteiger partial charge is 0.496 e. The molecule has 0 unspecified atom stereocenters. The molecular weight excluding hydrogens is 332 g/mol. The van der Waals surface area contributed by atoms with Crippen molar-refractivity contribution in [1.29, 1.82) is 0 Å². The molecule has 2 heterocycles. The van der Waals surface area contributed by atoms with Crippen LogP contribution in [-0.4, -0.2) is 55.4 Å². The number of amides is 1. The molecule has 1 aromatic heterocycles. The molecule has 1 aliphatic heterocycles. The lowest BCUT2D eigenvalue weighted by Gasteiger charge is -2.27. The molecular formula is C19H22N4O3. The molecule has 1 amide bonds. The Labute approximate surface area is 152 Å².